The normalized spacial score (nSPS) is 26.2. The van der Waals surface area contributed by atoms with E-state index in [4.69, 9.17) is 23.3 Å². The number of benzene rings is 2. The van der Waals surface area contributed by atoms with Crippen molar-refractivity contribution in [2.24, 2.45) is 28.2 Å². The Kier molecular flexibility index (Phi) is 14.3. The third-order valence-corrected chi connectivity index (χ3v) is 20.8. The molecule has 0 saturated heterocycles. The quantitative estimate of drug-likeness (QED) is 0.122. The molecule has 13 heterocycles. The molecule has 0 aliphatic carbocycles. The van der Waals surface area contributed by atoms with Crippen molar-refractivity contribution in [3.05, 3.63) is 202 Å². The van der Waals surface area contributed by atoms with E-state index >= 15 is 0 Å². The maximum atomic E-state index is 8.52. The van der Waals surface area contributed by atoms with Crippen LogP contribution >= 0.6 is 0 Å². The molecule has 0 saturated carbocycles. The standard InChI is InChI=1S/C24H28N5.C20H32N5.C19H25N6.C16H24N5/c1-17-25(3)19-11-6-8-13-21(19)28(17)23-15-10-16-24(27(23)5)29-18(2)26(4)20-12-7-9-14-22(20)29;1-15(2)22-11-13-24(17(22)5)19-9-8-10-20(21(19)7)25-14-12-23(16(3)4)18(25)6;1-14-21(3)12-13-24(14)17-9-6-10-18(23(17)5)25-15(2)22(4)16-8-7-11-20-19(16)25;1-13-17(3)9-11-20(13)15-7-6-8-16(19(15)5)21-12-10-18(4)14(21)2/h6-18H,1-5H3;8-18H,1-7H3;6-15H,1-5H3;6-14H,1-5H3/q4*+1/t2*17-,18+;14-,15+;13-,14+/m..0./s1/i3D3;1D3,2D3,3D3,15D,16D;;3D3/tm;16?,17-,18+;;m/m00.0/s1. The Labute approximate surface area is 620 Å². The van der Waals surface area contributed by atoms with Gasteiger partial charge in [0.25, 0.3) is 0 Å². The zero-order valence-electron chi connectivity index (χ0n) is 77.6. The van der Waals surface area contributed by atoms with Crippen molar-refractivity contribution in [1.82, 2.24) is 29.5 Å². The number of hydrogen-bond acceptors (Lipinski definition) is 17. The summed E-state index contributed by atoms with van der Waals surface area (Å²) in [6.45, 7) is 4.20. The second kappa shape index (κ2) is 28.1. The highest BCUT2D eigenvalue weighted by Crippen LogP contribution is 2.46. The lowest BCUT2D eigenvalue weighted by atomic mass is 10.2. The Morgan fingerprint density at radius 3 is 1.08 bits per heavy atom. The molecule has 8 aliphatic rings. The number of para-hydroxylation sites is 4. The molecule has 2 aromatic carbocycles. The van der Waals surface area contributed by atoms with Gasteiger partial charge in [0.1, 0.15) is 42.2 Å². The molecule has 100 heavy (non-hydrogen) atoms. The topological polar surface area (TPSA) is 80.2 Å². The number of anilines is 14. The van der Waals surface area contributed by atoms with Gasteiger partial charge in [-0.3, -0.25) is 0 Å². The molecule has 15 rings (SSSR count). The van der Waals surface area contributed by atoms with Crippen molar-refractivity contribution in [1.29, 1.82) is 0 Å². The Bertz CT molecular complexity index is 4940. The molecule has 1 unspecified atom stereocenters. The third-order valence-electron chi connectivity index (χ3n) is 20.8. The predicted molar refractivity (Wildman–Crippen MR) is 410 cm³/mol. The van der Waals surface area contributed by atoms with Crippen molar-refractivity contribution in [2.75, 3.05) is 96.0 Å². The first-order valence-corrected chi connectivity index (χ1v) is 34.0. The number of aromatic nitrogens is 5. The van der Waals surface area contributed by atoms with Gasteiger partial charge < -0.3 is 39.2 Å². The van der Waals surface area contributed by atoms with Crippen LogP contribution in [0.3, 0.4) is 0 Å². The van der Waals surface area contributed by atoms with Crippen LogP contribution in [0.2, 0.25) is 0 Å². The lowest BCUT2D eigenvalue weighted by Gasteiger charge is -2.31. The average molecular weight is 1370 g/mol. The summed E-state index contributed by atoms with van der Waals surface area (Å²) in [5.41, 5.74) is 5.14. The van der Waals surface area contributed by atoms with Crippen LogP contribution in [0.25, 0.3) is 0 Å². The highest BCUT2D eigenvalue weighted by molar-refractivity contribution is 5.84. The molecule has 0 amide bonds. The first kappa shape index (κ1) is 50.9. The first-order chi connectivity index (χ1) is 54.6. The van der Waals surface area contributed by atoms with Gasteiger partial charge in [-0.1, -0.05) is 24.3 Å². The Morgan fingerprint density at radius 2 is 0.660 bits per heavy atom. The molecule has 0 spiro atoms. The summed E-state index contributed by atoms with van der Waals surface area (Å²) >= 11 is 0. The fourth-order valence-corrected chi connectivity index (χ4v) is 14.3. The van der Waals surface area contributed by atoms with Crippen LogP contribution in [-0.2, 0) is 28.2 Å². The highest BCUT2D eigenvalue weighted by atomic mass is 15.5. The third kappa shape index (κ3) is 12.3. The van der Waals surface area contributed by atoms with Crippen molar-refractivity contribution in [3.63, 3.8) is 0 Å². The number of nitrogens with zero attached hydrogens (tertiary/aromatic N) is 21. The van der Waals surface area contributed by atoms with Crippen molar-refractivity contribution < 1.29 is 41.6 Å². The highest BCUT2D eigenvalue weighted by Gasteiger charge is 2.43. The molecule has 7 aromatic rings. The molecule has 8 aliphatic heterocycles. The Balaban J connectivity index is 0.000000145. The van der Waals surface area contributed by atoms with Gasteiger partial charge in [0.2, 0.25) is 52.4 Å². The molecular formula is C79H109N21+4. The fourth-order valence-electron chi connectivity index (χ4n) is 14.3. The lowest BCUT2D eigenvalue weighted by molar-refractivity contribution is -0.646. The van der Waals surface area contributed by atoms with Gasteiger partial charge in [-0.05, 0) is 144 Å². The Morgan fingerprint density at radius 1 is 0.330 bits per heavy atom. The summed E-state index contributed by atoms with van der Waals surface area (Å²) in [5, 5.41) is 0. The lowest BCUT2D eigenvalue weighted by Crippen LogP contribution is -2.49. The van der Waals surface area contributed by atoms with Crippen LogP contribution in [-0.4, -0.2) is 133 Å². The van der Waals surface area contributed by atoms with Gasteiger partial charge in [-0.25, -0.2) is 62.5 Å². The summed E-state index contributed by atoms with van der Waals surface area (Å²) in [6.07, 6.45) is 18.7. The smallest absolute Gasteiger partial charge is 0.231 e. The van der Waals surface area contributed by atoms with Gasteiger partial charge >= 0.3 is 0 Å². The minimum atomic E-state index is -3.11. The number of hydrogen-bond donors (Lipinski definition) is 0. The van der Waals surface area contributed by atoms with E-state index in [1.807, 2.05) is 118 Å². The summed E-state index contributed by atoms with van der Waals surface area (Å²) in [7, 11) is 16.3. The van der Waals surface area contributed by atoms with Crippen LogP contribution in [0.1, 0.15) is 106 Å². The second-order valence-corrected chi connectivity index (χ2v) is 26.3. The SMILES string of the molecule is C[C@@H]1N(C)c2cccnc2N1c1cccc(N2C=CN(C)[C@@H]2C)[n+]1C.[2H]C([2H])([2H])C([2H])(C)N1C=CN(c2cccc(N3C=CN(C([2H])(C([2H])([2H])[2H])C([2H])([2H])[2H])[C@@H]3C)[n+]2C)[C@@H]1C.[2H]C([2H])([2H])N1C=CN(c2cccc(N3C=CN(C)[C@H]3C)[n+]2C)[C@H]1C.[2H]C([2H])([2H])N1c2ccccc2N(c2cccc(N3c4ccccc4N(C)[C@H]3C)[n+]2C)[C@H]1C. The molecule has 5 aromatic heterocycles. The zero-order valence-corrected chi connectivity index (χ0v) is 60.6. The van der Waals surface area contributed by atoms with E-state index < -0.39 is 58.9 Å². The largest absolute Gasteiger partial charge is 0.346 e. The predicted octanol–water partition coefficient (Wildman–Crippen LogP) is 11.6. The number of rotatable bonds is 10. The summed E-state index contributed by atoms with van der Waals surface area (Å²) < 4.78 is 143. The zero-order chi connectivity index (χ0) is 85.8. The van der Waals surface area contributed by atoms with Crippen LogP contribution in [0, 0.1) is 0 Å². The molecular weight excluding hydrogens is 1240 g/mol. The molecule has 526 valence electrons. The molecule has 9 atom stereocenters. The van der Waals surface area contributed by atoms with E-state index in [2.05, 4.69) is 204 Å². The van der Waals surface area contributed by atoms with Crippen LogP contribution in [0.4, 0.5) is 80.8 Å². The van der Waals surface area contributed by atoms with Crippen LogP contribution in [0.5, 0.6) is 0 Å². The van der Waals surface area contributed by atoms with Gasteiger partial charge in [-0.15, -0.1) is 0 Å². The van der Waals surface area contributed by atoms with E-state index in [0.29, 0.717) is 17.8 Å². The molecule has 21 nitrogen and oxygen atoms in total. The average Bonchev–Trinajstić information content (AvgIpc) is 1.68. The van der Waals surface area contributed by atoms with E-state index in [1.54, 1.807) is 61.1 Å². The van der Waals surface area contributed by atoms with E-state index in [0.717, 1.165) is 68.4 Å². The maximum absolute atomic E-state index is 8.52. The molecule has 21 heteroatoms. The molecule has 0 fully saturated rings. The van der Waals surface area contributed by atoms with Gasteiger partial charge in [0.15, 0.2) is 18.5 Å². The number of pyridine rings is 5. The van der Waals surface area contributed by atoms with Gasteiger partial charge in [-0.2, -0.15) is 0 Å². The minimum absolute atomic E-state index is 0.149. The van der Waals surface area contributed by atoms with Crippen LogP contribution < -0.4 is 72.2 Å². The summed E-state index contributed by atoms with van der Waals surface area (Å²) in [4.78, 5) is 35.6. The number of fused-ring (bicyclic) bond motifs is 3. The first-order valence-electron chi connectivity index (χ1n) is 42.5. The summed E-state index contributed by atoms with van der Waals surface area (Å²) in [6, 6.07) is 39.6. The van der Waals surface area contributed by atoms with Crippen molar-refractivity contribution in [3.8, 4) is 0 Å². The molecule has 0 bridgehead atoms. The molecule has 0 N–H and O–H groups in total. The van der Waals surface area contributed by atoms with Gasteiger partial charge in [0, 0.05) is 160 Å². The van der Waals surface area contributed by atoms with Crippen molar-refractivity contribution in [2.45, 2.75) is 144 Å². The van der Waals surface area contributed by atoms with Crippen LogP contribution in [0.15, 0.2) is 202 Å². The van der Waals surface area contributed by atoms with Gasteiger partial charge in [0.05, 0.1) is 79.0 Å². The molecule has 0 radical (unpaired) electrons. The van der Waals surface area contributed by atoms with E-state index in [-0.39, 0.29) is 30.8 Å². The summed E-state index contributed by atoms with van der Waals surface area (Å²) in [5.74, 6) is 8.51. The maximum Gasteiger partial charge on any atom is 0.231 e. The Hall–Kier alpha value is -10.3. The fraction of sp³-hybridized carbons (Fsp3) is 0.405. The van der Waals surface area contributed by atoms with Crippen molar-refractivity contribution >= 4 is 80.8 Å². The minimum Gasteiger partial charge on any atom is -0.346 e. The van der Waals surface area contributed by atoms with E-state index in [9.17, 15) is 0 Å². The van der Waals surface area contributed by atoms with E-state index in [1.165, 1.54) is 39.7 Å². The second-order valence-electron chi connectivity index (χ2n) is 26.3. The monoisotopic (exact) mass is 1370 g/mol.